The minimum absolute atomic E-state index is 0.165. The zero-order valence-electron chi connectivity index (χ0n) is 20.0. The van der Waals surface area contributed by atoms with E-state index in [-0.39, 0.29) is 17.7 Å². The number of halogens is 4. The van der Waals surface area contributed by atoms with Gasteiger partial charge in [0.2, 0.25) is 0 Å². The molecule has 1 N–H and O–H groups in total. The highest BCUT2D eigenvalue weighted by Crippen LogP contribution is 2.43. The minimum atomic E-state index is -4.37. The summed E-state index contributed by atoms with van der Waals surface area (Å²) in [5.41, 5.74) is 4.99. The number of alkyl halides is 3. The molecule has 0 fully saturated rings. The third-order valence-electron chi connectivity index (χ3n) is 5.90. The van der Waals surface area contributed by atoms with Crippen molar-refractivity contribution in [3.8, 4) is 11.1 Å². The monoisotopic (exact) mass is 490 g/mol. The van der Waals surface area contributed by atoms with Crippen LogP contribution in [0.25, 0.3) is 11.1 Å². The van der Waals surface area contributed by atoms with E-state index in [1.165, 1.54) is 36.0 Å². The van der Waals surface area contributed by atoms with Crippen LogP contribution in [0.4, 0.5) is 17.6 Å². The summed E-state index contributed by atoms with van der Waals surface area (Å²) in [5, 5.41) is 10.8. The summed E-state index contributed by atoms with van der Waals surface area (Å²) >= 11 is 1.45. The molecule has 0 aliphatic heterocycles. The van der Waals surface area contributed by atoms with Gasteiger partial charge in [-0.15, -0.1) is 11.8 Å². The van der Waals surface area contributed by atoms with E-state index in [0.717, 1.165) is 50.4 Å². The molecule has 1 atom stereocenters. The first-order valence-corrected chi connectivity index (χ1v) is 12.3. The Kier molecular flexibility index (Phi) is 8.14. The molecule has 0 radical (unpaired) electrons. The normalized spacial score (nSPS) is 13.1. The number of thioether (sulfide) groups is 1. The standard InChI is InChI=1S/C28H30F4OS/c1-16(2)23-14-24(17(3)4)26(18(5)33)27(19-6-10-21(29)11-7-19)25(23)15-34-22-12-8-20(9-13-22)28(30,31)32/h6-14,16-18,33H,15H2,1-5H3. The molecule has 6 heteroatoms. The number of hydrogen-bond acceptors (Lipinski definition) is 2. The van der Waals surface area contributed by atoms with Crippen molar-refractivity contribution in [2.75, 3.05) is 0 Å². The Morgan fingerprint density at radius 1 is 0.824 bits per heavy atom. The number of hydrogen-bond donors (Lipinski definition) is 1. The van der Waals surface area contributed by atoms with Gasteiger partial charge < -0.3 is 5.11 Å². The molecule has 3 rings (SSSR count). The summed E-state index contributed by atoms with van der Waals surface area (Å²) in [4.78, 5) is 0.722. The van der Waals surface area contributed by atoms with Gasteiger partial charge in [-0.1, -0.05) is 45.9 Å². The smallest absolute Gasteiger partial charge is 0.389 e. The van der Waals surface area contributed by atoms with Crippen LogP contribution in [0.1, 0.15) is 80.4 Å². The maximum atomic E-state index is 13.7. The van der Waals surface area contributed by atoms with Gasteiger partial charge in [0, 0.05) is 10.6 Å². The van der Waals surface area contributed by atoms with Gasteiger partial charge in [0.1, 0.15) is 5.82 Å². The average molecular weight is 491 g/mol. The van der Waals surface area contributed by atoms with Crippen LogP contribution in [0.5, 0.6) is 0 Å². The predicted octanol–water partition coefficient (Wildman–Crippen LogP) is 9.10. The molecule has 1 nitrogen and oxygen atoms in total. The summed E-state index contributed by atoms with van der Waals surface area (Å²) in [6.45, 7) is 10.1. The van der Waals surface area contributed by atoms with Gasteiger partial charge in [-0.2, -0.15) is 13.2 Å². The largest absolute Gasteiger partial charge is 0.416 e. The van der Waals surface area contributed by atoms with Crippen molar-refractivity contribution in [2.24, 2.45) is 0 Å². The summed E-state index contributed by atoms with van der Waals surface area (Å²) < 4.78 is 52.6. The predicted molar refractivity (Wildman–Crippen MR) is 132 cm³/mol. The number of benzene rings is 3. The van der Waals surface area contributed by atoms with Crippen LogP contribution >= 0.6 is 11.8 Å². The Morgan fingerprint density at radius 2 is 1.38 bits per heavy atom. The Hall–Kier alpha value is -2.31. The third-order valence-corrected chi connectivity index (χ3v) is 6.94. The number of aliphatic hydroxyl groups excluding tert-OH is 1. The molecule has 0 aliphatic carbocycles. The van der Waals surface area contributed by atoms with Gasteiger partial charge in [0.15, 0.2) is 0 Å². The maximum absolute atomic E-state index is 13.7. The van der Waals surface area contributed by atoms with E-state index in [9.17, 15) is 22.7 Å². The molecule has 3 aromatic rings. The summed E-state index contributed by atoms with van der Waals surface area (Å²) in [6, 6.07) is 13.6. The van der Waals surface area contributed by atoms with E-state index in [2.05, 4.69) is 33.8 Å². The highest BCUT2D eigenvalue weighted by molar-refractivity contribution is 7.98. The second-order valence-electron chi connectivity index (χ2n) is 9.13. The second kappa shape index (κ2) is 10.5. The van der Waals surface area contributed by atoms with Crippen molar-refractivity contribution in [3.05, 3.63) is 88.2 Å². The second-order valence-corrected chi connectivity index (χ2v) is 10.2. The number of aliphatic hydroxyl groups is 1. The van der Waals surface area contributed by atoms with Crippen LogP contribution in [-0.4, -0.2) is 5.11 Å². The molecule has 0 amide bonds. The van der Waals surface area contributed by atoms with Crippen molar-refractivity contribution in [1.29, 1.82) is 0 Å². The van der Waals surface area contributed by atoms with Crippen LogP contribution in [0.15, 0.2) is 59.5 Å². The van der Waals surface area contributed by atoms with Gasteiger partial charge in [-0.3, -0.25) is 0 Å². The molecule has 0 bridgehead atoms. The van der Waals surface area contributed by atoms with Gasteiger partial charge in [0.05, 0.1) is 11.7 Å². The van der Waals surface area contributed by atoms with Crippen LogP contribution < -0.4 is 0 Å². The van der Waals surface area contributed by atoms with Crippen LogP contribution in [-0.2, 0) is 11.9 Å². The van der Waals surface area contributed by atoms with Crippen molar-refractivity contribution in [2.45, 2.75) is 69.4 Å². The zero-order valence-corrected chi connectivity index (χ0v) is 20.8. The highest BCUT2D eigenvalue weighted by atomic mass is 32.2. The van der Waals surface area contributed by atoms with Crippen molar-refractivity contribution >= 4 is 11.8 Å². The Balaban J connectivity index is 2.17. The fourth-order valence-electron chi connectivity index (χ4n) is 4.22. The van der Waals surface area contributed by atoms with Gasteiger partial charge in [-0.25, -0.2) is 4.39 Å². The molecule has 0 aromatic heterocycles. The highest BCUT2D eigenvalue weighted by Gasteiger charge is 2.30. The van der Waals surface area contributed by atoms with Crippen LogP contribution in [0.2, 0.25) is 0 Å². The topological polar surface area (TPSA) is 20.2 Å². The molecular formula is C28H30F4OS. The molecule has 0 aliphatic rings. The molecule has 182 valence electrons. The third kappa shape index (κ3) is 5.84. The summed E-state index contributed by atoms with van der Waals surface area (Å²) in [6.07, 6.45) is -5.11. The van der Waals surface area contributed by atoms with E-state index in [0.29, 0.717) is 5.75 Å². The first-order valence-electron chi connectivity index (χ1n) is 11.3. The fraction of sp³-hybridized carbons (Fsp3) is 0.357. The van der Waals surface area contributed by atoms with Crippen LogP contribution in [0.3, 0.4) is 0 Å². The first-order chi connectivity index (χ1) is 15.9. The molecule has 0 heterocycles. The number of rotatable bonds is 7. The Bertz CT molecular complexity index is 1120. The Labute approximate surface area is 203 Å². The van der Waals surface area contributed by atoms with E-state index >= 15 is 0 Å². The van der Waals surface area contributed by atoms with Gasteiger partial charge >= 0.3 is 6.18 Å². The lowest BCUT2D eigenvalue weighted by Gasteiger charge is -2.27. The van der Waals surface area contributed by atoms with Crippen molar-refractivity contribution in [3.63, 3.8) is 0 Å². The molecule has 34 heavy (non-hydrogen) atoms. The SMILES string of the molecule is CC(C)c1cc(C(C)C)c(C(C)O)c(-c2ccc(F)cc2)c1CSc1ccc(C(F)(F)F)cc1. The lowest BCUT2D eigenvalue weighted by Crippen LogP contribution is -2.10. The van der Waals surface area contributed by atoms with E-state index in [4.69, 9.17) is 0 Å². The lowest BCUT2D eigenvalue weighted by molar-refractivity contribution is -0.137. The maximum Gasteiger partial charge on any atom is 0.416 e. The molecule has 0 saturated heterocycles. The fourth-order valence-corrected chi connectivity index (χ4v) is 5.17. The molecule has 1 unspecified atom stereocenters. The van der Waals surface area contributed by atoms with E-state index in [1.807, 2.05) is 0 Å². The zero-order chi connectivity index (χ0) is 25.2. The molecule has 3 aromatic carbocycles. The summed E-state index contributed by atoms with van der Waals surface area (Å²) in [7, 11) is 0. The summed E-state index contributed by atoms with van der Waals surface area (Å²) in [5.74, 6) is 0.511. The van der Waals surface area contributed by atoms with Gasteiger partial charge in [0.25, 0.3) is 0 Å². The van der Waals surface area contributed by atoms with Gasteiger partial charge in [-0.05, 0) is 88.5 Å². The molecule has 0 saturated carbocycles. The average Bonchev–Trinajstić information content (AvgIpc) is 2.76. The lowest BCUT2D eigenvalue weighted by atomic mass is 9.80. The van der Waals surface area contributed by atoms with E-state index < -0.39 is 17.8 Å². The minimum Gasteiger partial charge on any atom is -0.389 e. The van der Waals surface area contributed by atoms with E-state index in [1.54, 1.807) is 19.1 Å². The molecule has 0 spiro atoms. The first kappa shape index (κ1) is 26.3. The van der Waals surface area contributed by atoms with Crippen LogP contribution in [0, 0.1) is 5.82 Å². The van der Waals surface area contributed by atoms with Crippen molar-refractivity contribution in [1.82, 2.24) is 0 Å². The molecular weight excluding hydrogens is 460 g/mol. The Morgan fingerprint density at radius 3 is 1.85 bits per heavy atom. The quantitative estimate of drug-likeness (QED) is 0.263. The van der Waals surface area contributed by atoms with Crippen molar-refractivity contribution < 1.29 is 22.7 Å².